The molecule has 0 radical (unpaired) electrons. The third-order valence-corrected chi connectivity index (χ3v) is 12.7. The molecule has 50 heavy (non-hydrogen) atoms. The largest absolute Gasteiger partial charge is 0.387 e. The average Bonchev–Trinajstić information content (AvgIpc) is 3.71. The van der Waals surface area contributed by atoms with E-state index >= 15 is 0 Å². The fraction of sp³-hybridized carbons (Fsp3) is 0.842. The van der Waals surface area contributed by atoms with Crippen molar-refractivity contribution in [1.29, 1.82) is 0 Å². The third kappa shape index (κ3) is 7.31. The Morgan fingerprint density at radius 2 is 1.78 bits per heavy atom. The summed E-state index contributed by atoms with van der Waals surface area (Å²) in [5, 5.41) is 34.0. The van der Waals surface area contributed by atoms with Crippen LogP contribution < -0.4 is 21.7 Å². The van der Waals surface area contributed by atoms with Gasteiger partial charge < -0.3 is 36.1 Å². The van der Waals surface area contributed by atoms with Crippen LogP contribution in [0.4, 0.5) is 11.4 Å². The molecule has 0 aromatic heterocycles. The summed E-state index contributed by atoms with van der Waals surface area (Å²) < 4.78 is 13.1. The summed E-state index contributed by atoms with van der Waals surface area (Å²) in [7, 11) is 3.89. The fourth-order valence-corrected chi connectivity index (χ4v) is 10.1. The van der Waals surface area contributed by atoms with Crippen LogP contribution >= 0.6 is 0 Å². The average molecular weight is 702 g/mol. The van der Waals surface area contributed by atoms with E-state index in [4.69, 9.17) is 15.2 Å². The maximum Gasteiger partial charge on any atom is 0.168 e. The Hall–Kier alpha value is -1.58. The third-order valence-electron chi connectivity index (χ3n) is 12.7. The number of nitrogens with one attached hydrogen (secondary N) is 3. The lowest BCUT2D eigenvalue weighted by atomic mass is 9.76. The smallest absolute Gasteiger partial charge is 0.168 e. The molecule has 4 unspecified atom stereocenters. The Balaban J connectivity index is 1.04. The fourth-order valence-electron chi connectivity index (χ4n) is 10.1. The number of anilines is 2. The highest BCUT2D eigenvalue weighted by Crippen LogP contribution is 2.41. The molecule has 8 atom stereocenters. The molecule has 284 valence electrons. The van der Waals surface area contributed by atoms with E-state index in [0.717, 1.165) is 56.3 Å². The van der Waals surface area contributed by atoms with Gasteiger partial charge in [0.1, 0.15) is 37.3 Å². The van der Waals surface area contributed by atoms with Gasteiger partial charge in [-0.2, -0.15) is 0 Å². The first-order valence-corrected chi connectivity index (χ1v) is 19.6. The number of methoxy groups -OCH3 is 1. The summed E-state index contributed by atoms with van der Waals surface area (Å²) in [6, 6.07) is 7.57. The van der Waals surface area contributed by atoms with Gasteiger partial charge >= 0.3 is 0 Å². The van der Waals surface area contributed by atoms with Crippen molar-refractivity contribution in [2.75, 3.05) is 64.4 Å². The van der Waals surface area contributed by atoms with E-state index < -0.39 is 24.5 Å². The van der Waals surface area contributed by atoms with E-state index in [0.29, 0.717) is 37.8 Å². The van der Waals surface area contributed by atoms with Gasteiger partial charge in [0, 0.05) is 31.2 Å². The molecule has 12 heteroatoms. The number of benzene rings is 1. The Bertz CT molecular complexity index is 1270. The van der Waals surface area contributed by atoms with Gasteiger partial charge in [0.25, 0.3) is 0 Å². The Labute approximate surface area is 301 Å². The minimum absolute atomic E-state index is 0.0327. The van der Waals surface area contributed by atoms with Crippen molar-refractivity contribution >= 4 is 11.4 Å². The number of hydrogen-bond donors (Lipinski definition) is 6. The van der Waals surface area contributed by atoms with Gasteiger partial charge in [-0.1, -0.05) is 33.8 Å². The highest BCUT2D eigenvalue weighted by Gasteiger charge is 2.61. The number of hydrogen-bond acceptors (Lipinski definition) is 11. The summed E-state index contributed by atoms with van der Waals surface area (Å²) in [5.41, 5.74) is 10.3. The topological polar surface area (TPSA) is 131 Å². The van der Waals surface area contributed by atoms with E-state index in [1.165, 1.54) is 23.4 Å². The molecule has 4 aliphatic heterocycles. The second kappa shape index (κ2) is 15.4. The number of aliphatic hydroxyl groups excluding tert-OH is 2. The number of likely N-dealkylation sites (N-methyl/N-ethyl adjacent to an activating group) is 1. The Morgan fingerprint density at radius 3 is 2.44 bits per heavy atom. The van der Waals surface area contributed by atoms with Crippen LogP contribution in [0, 0.1) is 5.92 Å². The summed E-state index contributed by atoms with van der Waals surface area (Å²) in [5.74, 6) is 0.682. The Kier molecular flexibility index (Phi) is 11.8. The molecule has 4 fully saturated rings. The molecule has 0 bridgehead atoms. The number of fused-ring (bicyclic) bond motifs is 2. The predicted octanol–water partition coefficient (Wildman–Crippen LogP) is 2.87. The van der Waals surface area contributed by atoms with Gasteiger partial charge in [-0.25, -0.2) is 4.90 Å². The van der Waals surface area contributed by atoms with E-state index in [1.807, 2.05) is 0 Å². The Morgan fingerprint density at radius 1 is 1.08 bits per heavy atom. The first-order chi connectivity index (χ1) is 23.8. The highest BCUT2D eigenvalue weighted by molar-refractivity contribution is 5.75. The molecule has 7 N–H and O–H groups in total. The SMILES string of the molecule is CCC[N+]1(CCC)CNC(N)C2C1N([C@@H]1O[C@H](CN(C(C)C)C3CC(CCC4Nc5ccc(C(C)(C)COC)cc5N4)C3)[C@@H](O)[C@H]1O)CN2C. The van der Waals surface area contributed by atoms with Crippen molar-refractivity contribution in [2.45, 2.75) is 147 Å². The van der Waals surface area contributed by atoms with Crippen LogP contribution in [0.1, 0.15) is 85.6 Å². The lowest BCUT2D eigenvalue weighted by Gasteiger charge is -2.53. The zero-order valence-corrected chi connectivity index (χ0v) is 32.1. The summed E-state index contributed by atoms with van der Waals surface area (Å²) in [6.07, 6.45) is 3.97. The van der Waals surface area contributed by atoms with Crippen LogP contribution in [0.5, 0.6) is 0 Å². The highest BCUT2D eigenvalue weighted by atomic mass is 16.6. The zero-order chi connectivity index (χ0) is 36.0. The standard InChI is InChI=1S/C38H69N8O4/c1-9-15-46(16-10-2)22-40-35(39)32-36(46)45(23-43(32)7)37-34(48)33(47)30(50-37)20-44(24(3)4)27-17-25(18-27)11-14-31-41-28-13-12-26(19-29(28)42-31)38(5,6)21-49-8/h12-13,19,24-25,27,30-37,40-42,47-48H,9-11,14-18,20-23,39H2,1-8H3/q+1/t25?,27?,30-,31?,32?,33-,34-,35?,36?,37-/m1/s1. The number of rotatable bonds is 15. The first kappa shape index (κ1) is 38.2. The van der Waals surface area contributed by atoms with E-state index in [-0.39, 0.29) is 30.0 Å². The van der Waals surface area contributed by atoms with Gasteiger partial charge in [-0.3, -0.25) is 19.6 Å². The van der Waals surface area contributed by atoms with Crippen molar-refractivity contribution in [1.82, 2.24) is 20.0 Å². The van der Waals surface area contributed by atoms with Gasteiger partial charge in [-0.15, -0.1) is 0 Å². The van der Waals surface area contributed by atoms with Crippen LogP contribution in [0.3, 0.4) is 0 Å². The number of nitrogens with two attached hydrogens (primary N) is 1. The van der Waals surface area contributed by atoms with Gasteiger partial charge in [0.05, 0.1) is 50.1 Å². The molecule has 0 amide bonds. The van der Waals surface area contributed by atoms with E-state index in [1.54, 1.807) is 7.11 Å². The second-order valence-electron chi connectivity index (χ2n) is 17.2. The van der Waals surface area contributed by atoms with Crippen molar-refractivity contribution < 1.29 is 24.2 Å². The molecule has 0 spiro atoms. The maximum atomic E-state index is 11.6. The molecule has 1 aromatic carbocycles. The lowest BCUT2D eigenvalue weighted by Crippen LogP contribution is -2.77. The first-order valence-electron chi connectivity index (χ1n) is 19.6. The molecular formula is C38H69N8O4+. The minimum atomic E-state index is -0.968. The number of quaternary nitrogens is 1. The number of ether oxygens (including phenoxy) is 2. The van der Waals surface area contributed by atoms with Crippen molar-refractivity contribution in [3.63, 3.8) is 0 Å². The summed E-state index contributed by atoms with van der Waals surface area (Å²) in [6.45, 7) is 18.3. The normalized spacial score (nSPS) is 35.6. The monoisotopic (exact) mass is 702 g/mol. The maximum absolute atomic E-state index is 11.6. The second-order valence-corrected chi connectivity index (χ2v) is 17.2. The molecular weight excluding hydrogens is 632 g/mol. The van der Waals surface area contributed by atoms with Crippen molar-refractivity contribution in [3.05, 3.63) is 23.8 Å². The minimum Gasteiger partial charge on any atom is -0.387 e. The predicted molar refractivity (Wildman–Crippen MR) is 199 cm³/mol. The molecule has 1 saturated carbocycles. The van der Waals surface area contributed by atoms with Crippen LogP contribution in [-0.4, -0.2) is 144 Å². The molecule has 12 nitrogen and oxygen atoms in total. The van der Waals surface area contributed by atoms with Gasteiger partial charge in [-0.05, 0) is 83.0 Å². The molecule has 6 rings (SSSR count). The van der Waals surface area contributed by atoms with E-state index in [9.17, 15) is 10.2 Å². The van der Waals surface area contributed by atoms with Crippen LogP contribution in [-0.2, 0) is 14.9 Å². The quantitative estimate of drug-likeness (QED) is 0.151. The van der Waals surface area contributed by atoms with Crippen LogP contribution in [0.15, 0.2) is 18.2 Å². The van der Waals surface area contributed by atoms with E-state index in [2.05, 4.69) is 97.4 Å². The molecule has 5 aliphatic rings. The summed E-state index contributed by atoms with van der Waals surface area (Å²) >= 11 is 0. The number of aliphatic hydroxyl groups is 2. The van der Waals surface area contributed by atoms with Crippen LogP contribution in [0.2, 0.25) is 0 Å². The lowest BCUT2D eigenvalue weighted by molar-refractivity contribution is -0.970. The number of nitrogens with zero attached hydrogens (tertiary/aromatic N) is 4. The molecule has 3 saturated heterocycles. The molecule has 4 heterocycles. The van der Waals surface area contributed by atoms with Crippen molar-refractivity contribution in [3.8, 4) is 0 Å². The van der Waals surface area contributed by atoms with Crippen molar-refractivity contribution in [2.24, 2.45) is 11.7 Å². The molecule has 1 aliphatic carbocycles. The van der Waals surface area contributed by atoms with Gasteiger partial charge in [0.2, 0.25) is 0 Å². The molecule has 1 aromatic rings. The van der Waals surface area contributed by atoms with Crippen LogP contribution in [0.25, 0.3) is 0 Å². The zero-order valence-electron chi connectivity index (χ0n) is 32.1. The summed E-state index contributed by atoms with van der Waals surface area (Å²) in [4.78, 5) is 7.15. The van der Waals surface area contributed by atoms with Gasteiger partial charge in [0.15, 0.2) is 6.17 Å².